The van der Waals surface area contributed by atoms with Crippen molar-refractivity contribution >= 4 is 38.6 Å². The van der Waals surface area contributed by atoms with E-state index in [1.807, 2.05) is 0 Å². The number of carbonyl (C=O) groups excluding carboxylic acids is 1. The van der Waals surface area contributed by atoms with Crippen molar-refractivity contribution < 1.29 is 32.3 Å². The lowest BCUT2D eigenvalue weighted by Crippen LogP contribution is -2.35. The molecule has 9 nitrogen and oxygen atoms in total. The van der Waals surface area contributed by atoms with E-state index in [4.69, 9.17) is 14.3 Å². The zero-order valence-electron chi connectivity index (χ0n) is 14.3. The first-order valence-electron chi connectivity index (χ1n) is 7.82. The highest BCUT2D eigenvalue weighted by Crippen LogP contribution is 2.23. The van der Waals surface area contributed by atoms with E-state index in [9.17, 15) is 18.0 Å². The van der Waals surface area contributed by atoms with Crippen LogP contribution in [0.4, 0.5) is 5.69 Å². The highest BCUT2D eigenvalue weighted by atomic mass is 32.2. The van der Waals surface area contributed by atoms with Gasteiger partial charge < -0.3 is 19.6 Å². The van der Waals surface area contributed by atoms with Gasteiger partial charge in [0.1, 0.15) is 5.58 Å². The molecule has 0 aliphatic heterocycles. The number of carboxylic acids is 1. The Morgan fingerprint density at radius 2 is 2.00 bits per heavy atom. The van der Waals surface area contributed by atoms with Crippen molar-refractivity contribution in [3.8, 4) is 0 Å². The van der Waals surface area contributed by atoms with Gasteiger partial charge in [-0.3, -0.25) is 4.79 Å². The number of carboxylic acid groups (broad SMARTS) is 1. The molecule has 2 rings (SSSR count). The predicted molar refractivity (Wildman–Crippen MR) is 94.7 cm³/mol. The fourth-order valence-corrected chi connectivity index (χ4v) is 2.88. The van der Waals surface area contributed by atoms with Crippen molar-refractivity contribution in [1.29, 1.82) is 0 Å². The molecule has 0 unspecified atom stereocenters. The number of rotatable bonds is 9. The van der Waals surface area contributed by atoms with Crippen molar-refractivity contribution in [2.24, 2.45) is 0 Å². The maximum absolute atomic E-state index is 11.9. The fraction of sp³-hybridized carbons (Fsp3) is 0.375. The van der Waals surface area contributed by atoms with Crippen molar-refractivity contribution in [2.45, 2.75) is 20.0 Å². The summed E-state index contributed by atoms with van der Waals surface area (Å²) >= 11 is 0. The monoisotopic (exact) mass is 384 g/mol. The van der Waals surface area contributed by atoms with Gasteiger partial charge in [-0.2, -0.15) is 0 Å². The molecule has 0 aliphatic rings. The van der Waals surface area contributed by atoms with Crippen LogP contribution in [0.25, 0.3) is 11.0 Å². The SMILES string of the molecule is CC(C)OCCS(=O)(=O)NCC(=O)Nc1ccc2oc(C(=O)O)cc2c1. The average Bonchev–Trinajstić information content (AvgIpc) is 2.96. The molecule has 0 atom stereocenters. The average molecular weight is 384 g/mol. The summed E-state index contributed by atoms with van der Waals surface area (Å²) in [6, 6.07) is 5.92. The van der Waals surface area contributed by atoms with Crippen molar-refractivity contribution in [2.75, 3.05) is 24.2 Å². The van der Waals surface area contributed by atoms with Crippen molar-refractivity contribution in [1.82, 2.24) is 4.72 Å². The summed E-state index contributed by atoms with van der Waals surface area (Å²) in [5.74, 6) is -2.20. The van der Waals surface area contributed by atoms with Crippen LogP contribution in [0, 0.1) is 0 Å². The number of anilines is 1. The van der Waals surface area contributed by atoms with Gasteiger partial charge in [0, 0.05) is 11.1 Å². The Hall–Kier alpha value is -2.43. The minimum atomic E-state index is -3.62. The molecule has 0 saturated carbocycles. The van der Waals surface area contributed by atoms with Crippen LogP contribution in [0.15, 0.2) is 28.7 Å². The minimum absolute atomic E-state index is 0.0394. The third kappa shape index (κ3) is 5.83. The summed E-state index contributed by atoms with van der Waals surface area (Å²) in [6.45, 7) is 3.21. The molecule has 0 bridgehead atoms. The first kappa shape index (κ1) is 19.9. The Labute approximate surface area is 150 Å². The third-order valence-electron chi connectivity index (χ3n) is 3.27. The largest absolute Gasteiger partial charge is 0.475 e. The van der Waals surface area contributed by atoms with E-state index in [0.29, 0.717) is 16.7 Å². The van der Waals surface area contributed by atoms with E-state index >= 15 is 0 Å². The van der Waals surface area contributed by atoms with Gasteiger partial charge in [0.2, 0.25) is 21.7 Å². The standard InChI is InChI=1S/C16H20N2O7S/c1-10(2)24-5-6-26(22,23)17-9-15(19)18-12-3-4-13-11(7-12)8-14(25-13)16(20)21/h3-4,7-8,10,17H,5-6,9H2,1-2H3,(H,18,19)(H,20,21). The molecule has 0 spiro atoms. The minimum Gasteiger partial charge on any atom is -0.475 e. The van der Waals surface area contributed by atoms with E-state index in [-0.39, 0.29) is 24.2 Å². The van der Waals surface area contributed by atoms with E-state index in [1.165, 1.54) is 24.3 Å². The van der Waals surface area contributed by atoms with Crippen LogP contribution in [-0.4, -0.2) is 50.4 Å². The van der Waals surface area contributed by atoms with E-state index in [2.05, 4.69) is 10.0 Å². The van der Waals surface area contributed by atoms with Gasteiger partial charge in [0.05, 0.1) is 25.0 Å². The summed E-state index contributed by atoms with van der Waals surface area (Å²) in [7, 11) is -3.62. The van der Waals surface area contributed by atoms with Crippen LogP contribution in [0.1, 0.15) is 24.4 Å². The molecule has 26 heavy (non-hydrogen) atoms. The van der Waals surface area contributed by atoms with Crippen LogP contribution in [-0.2, 0) is 19.6 Å². The van der Waals surface area contributed by atoms with Gasteiger partial charge in [-0.05, 0) is 38.1 Å². The number of sulfonamides is 1. The lowest BCUT2D eigenvalue weighted by atomic mass is 10.2. The van der Waals surface area contributed by atoms with Crippen molar-refractivity contribution in [3.63, 3.8) is 0 Å². The van der Waals surface area contributed by atoms with E-state index < -0.39 is 28.4 Å². The van der Waals surface area contributed by atoms with Crippen LogP contribution in [0.5, 0.6) is 0 Å². The lowest BCUT2D eigenvalue weighted by Gasteiger charge is -2.09. The molecule has 1 heterocycles. The van der Waals surface area contributed by atoms with Gasteiger partial charge in [-0.25, -0.2) is 17.9 Å². The molecule has 3 N–H and O–H groups in total. The molecule has 0 saturated heterocycles. The van der Waals surface area contributed by atoms with Crippen LogP contribution in [0.2, 0.25) is 0 Å². The van der Waals surface area contributed by atoms with E-state index in [0.717, 1.165) is 0 Å². The second-order valence-electron chi connectivity index (χ2n) is 5.78. The number of hydrogen-bond acceptors (Lipinski definition) is 6. The quantitative estimate of drug-likeness (QED) is 0.595. The highest BCUT2D eigenvalue weighted by molar-refractivity contribution is 7.89. The van der Waals surface area contributed by atoms with Crippen LogP contribution in [0.3, 0.4) is 0 Å². The number of hydrogen-bond donors (Lipinski definition) is 3. The molecule has 0 radical (unpaired) electrons. The number of benzene rings is 1. The normalized spacial score (nSPS) is 11.8. The molecule has 142 valence electrons. The Morgan fingerprint density at radius 1 is 1.27 bits per heavy atom. The molecule has 10 heteroatoms. The third-order valence-corrected chi connectivity index (χ3v) is 4.56. The summed E-state index contributed by atoms with van der Waals surface area (Å²) < 4.78 is 36.0. The number of furan rings is 1. The number of aromatic carboxylic acids is 1. The fourth-order valence-electron chi connectivity index (χ4n) is 2.07. The first-order chi connectivity index (χ1) is 12.2. The molecule has 1 amide bonds. The second kappa shape index (κ2) is 8.30. The molecular formula is C16H20N2O7S. The van der Waals surface area contributed by atoms with Crippen molar-refractivity contribution in [3.05, 3.63) is 30.0 Å². The van der Waals surface area contributed by atoms with E-state index in [1.54, 1.807) is 13.8 Å². The van der Waals surface area contributed by atoms with Gasteiger partial charge >= 0.3 is 5.97 Å². The Kier molecular flexibility index (Phi) is 6.35. The number of nitrogens with one attached hydrogen (secondary N) is 2. The van der Waals surface area contributed by atoms with Gasteiger partial charge in [-0.15, -0.1) is 0 Å². The Morgan fingerprint density at radius 3 is 2.65 bits per heavy atom. The number of amides is 1. The topological polar surface area (TPSA) is 135 Å². The molecule has 1 aromatic heterocycles. The van der Waals surface area contributed by atoms with Crippen LogP contribution >= 0.6 is 0 Å². The molecular weight excluding hydrogens is 364 g/mol. The number of ether oxygens (including phenoxy) is 1. The number of carbonyl (C=O) groups is 2. The van der Waals surface area contributed by atoms with Crippen LogP contribution < -0.4 is 10.0 Å². The lowest BCUT2D eigenvalue weighted by molar-refractivity contribution is -0.115. The zero-order valence-corrected chi connectivity index (χ0v) is 15.1. The maximum atomic E-state index is 11.9. The summed E-state index contributed by atoms with van der Waals surface area (Å²) in [5, 5.41) is 11.9. The Bertz CT molecular complexity index is 902. The summed E-state index contributed by atoms with van der Waals surface area (Å²) in [6.07, 6.45) is -0.0759. The highest BCUT2D eigenvalue weighted by Gasteiger charge is 2.14. The number of fused-ring (bicyclic) bond motifs is 1. The maximum Gasteiger partial charge on any atom is 0.371 e. The summed E-state index contributed by atoms with van der Waals surface area (Å²) in [5.41, 5.74) is 0.758. The zero-order chi connectivity index (χ0) is 19.3. The second-order valence-corrected chi connectivity index (χ2v) is 7.70. The predicted octanol–water partition coefficient (Wildman–Crippen LogP) is 1.41. The molecule has 0 aliphatic carbocycles. The molecule has 1 aromatic carbocycles. The molecule has 0 fully saturated rings. The van der Waals surface area contributed by atoms with Gasteiger partial charge in [-0.1, -0.05) is 0 Å². The Balaban J connectivity index is 1.91. The smallest absolute Gasteiger partial charge is 0.371 e. The molecule has 2 aromatic rings. The van der Waals surface area contributed by atoms with Gasteiger partial charge in [0.25, 0.3) is 0 Å². The first-order valence-corrected chi connectivity index (χ1v) is 9.47. The summed E-state index contributed by atoms with van der Waals surface area (Å²) in [4.78, 5) is 22.8. The van der Waals surface area contributed by atoms with Gasteiger partial charge in [0.15, 0.2) is 0 Å².